The number of methoxy groups -OCH3 is 3. The van der Waals surface area contributed by atoms with Gasteiger partial charge in [-0.15, -0.1) is 0 Å². The molecule has 0 N–H and O–H groups in total. The largest absolute Gasteiger partial charge is 0.497 e. The molecular weight excluding hydrogens is 402 g/mol. The summed E-state index contributed by atoms with van der Waals surface area (Å²) in [5.41, 5.74) is 0.161. The quantitative estimate of drug-likeness (QED) is 0.622. The van der Waals surface area contributed by atoms with Crippen molar-refractivity contribution in [1.29, 1.82) is 0 Å². The molecule has 2 aromatic carbocycles. The van der Waals surface area contributed by atoms with Crippen molar-refractivity contribution in [2.75, 3.05) is 45.4 Å². The van der Waals surface area contributed by atoms with Crippen molar-refractivity contribution in [3.63, 3.8) is 0 Å². The molecule has 0 bridgehead atoms. The minimum atomic E-state index is -4.17. The third-order valence-electron chi connectivity index (χ3n) is 4.26. The van der Waals surface area contributed by atoms with Crippen LogP contribution in [0, 0.1) is 0 Å². The van der Waals surface area contributed by atoms with Crippen LogP contribution in [-0.2, 0) is 19.6 Å². The Bertz CT molecular complexity index is 1010. The second kappa shape index (κ2) is 8.48. The lowest BCUT2D eigenvalue weighted by Gasteiger charge is -2.26. The molecule has 156 valence electrons. The fourth-order valence-electron chi connectivity index (χ4n) is 2.78. The summed E-state index contributed by atoms with van der Waals surface area (Å²) in [5, 5.41) is 0. The molecule has 29 heavy (non-hydrogen) atoms. The monoisotopic (exact) mass is 423 g/mol. The summed E-state index contributed by atoms with van der Waals surface area (Å²) in [6, 6.07) is 8.87. The van der Waals surface area contributed by atoms with E-state index in [4.69, 9.17) is 18.9 Å². The third-order valence-corrected chi connectivity index (χ3v) is 6.01. The van der Waals surface area contributed by atoms with Gasteiger partial charge in [0.2, 0.25) is 0 Å². The fourth-order valence-corrected chi connectivity index (χ4v) is 4.22. The number of benzene rings is 2. The number of sulfonamides is 1. The summed E-state index contributed by atoms with van der Waals surface area (Å²) in [4.78, 5) is 11.9. The molecule has 0 radical (unpaired) electrons. The van der Waals surface area contributed by atoms with E-state index in [1.54, 1.807) is 6.07 Å². The summed E-state index contributed by atoms with van der Waals surface area (Å²) in [7, 11) is -0.113. The standard InChI is InChI=1S/C19H21NO8S/c1-24-13-4-6-15(17(10-13)25-2)20(12-19(21)26-3)29(22,23)14-5-7-16-18(11-14)28-9-8-27-16/h4-7,10-11H,8-9,12H2,1-3H3. The highest BCUT2D eigenvalue weighted by molar-refractivity contribution is 7.92. The number of carbonyl (C=O) groups excluding carboxylic acids is 1. The Morgan fingerprint density at radius 1 is 1.00 bits per heavy atom. The molecule has 0 amide bonds. The lowest BCUT2D eigenvalue weighted by atomic mass is 10.2. The van der Waals surface area contributed by atoms with Crippen molar-refractivity contribution in [1.82, 2.24) is 0 Å². The van der Waals surface area contributed by atoms with E-state index < -0.39 is 22.5 Å². The van der Waals surface area contributed by atoms with E-state index in [9.17, 15) is 13.2 Å². The van der Waals surface area contributed by atoms with Crippen LogP contribution in [-0.4, -0.2) is 55.5 Å². The first-order chi connectivity index (χ1) is 13.9. The summed E-state index contributed by atoms with van der Waals surface area (Å²) >= 11 is 0. The lowest BCUT2D eigenvalue weighted by molar-refractivity contribution is -0.138. The third kappa shape index (κ3) is 4.16. The van der Waals surface area contributed by atoms with Crippen molar-refractivity contribution in [3.05, 3.63) is 36.4 Å². The molecule has 0 unspecified atom stereocenters. The van der Waals surface area contributed by atoms with Gasteiger partial charge in [-0.2, -0.15) is 0 Å². The van der Waals surface area contributed by atoms with Crippen LogP contribution in [0.15, 0.2) is 41.3 Å². The van der Waals surface area contributed by atoms with Crippen LogP contribution in [0.4, 0.5) is 5.69 Å². The Balaban J connectivity index is 2.10. The van der Waals surface area contributed by atoms with E-state index in [1.165, 1.54) is 51.7 Å². The van der Waals surface area contributed by atoms with Gasteiger partial charge in [-0.05, 0) is 24.3 Å². The predicted octanol–water partition coefficient (Wildman–Crippen LogP) is 1.84. The van der Waals surface area contributed by atoms with Crippen LogP contribution in [0.1, 0.15) is 0 Å². The van der Waals surface area contributed by atoms with Gasteiger partial charge in [0.25, 0.3) is 10.0 Å². The predicted molar refractivity (Wildman–Crippen MR) is 104 cm³/mol. The van der Waals surface area contributed by atoms with Crippen molar-refractivity contribution < 1.29 is 36.9 Å². The number of nitrogens with zero attached hydrogens (tertiary/aromatic N) is 1. The highest BCUT2D eigenvalue weighted by Gasteiger charge is 2.31. The molecule has 0 saturated heterocycles. The summed E-state index contributed by atoms with van der Waals surface area (Å²) in [6.07, 6.45) is 0. The maximum absolute atomic E-state index is 13.4. The van der Waals surface area contributed by atoms with Crippen molar-refractivity contribution in [2.45, 2.75) is 4.90 Å². The molecule has 0 spiro atoms. The van der Waals surface area contributed by atoms with Crippen LogP contribution in [0.25, 0.3) is 0 Å². The highest BCUT2D eigenvalue weighted by Crippen LogP contribution is 2.38. The molecule has 2 aromatic rings. The van der Waals surface area contributed by atoms with Gasteiger partial charge < -0.3 is 23.7 Å². The molecule has 0 aliphatic carbocycles. The summed E-state index contributed by atoms with van der Waals surface area (Å²) in [6.45, 7) is 0.154. The van der Waals surface area contributed by atoms with Gasteiger partial charge in [0, 0.05) is 12.1 Å². The van der Waals surface area contributed by atoms with Crippen molar-refractivity contribution >= 4 is 21.7 Å². The van der Waals surface area contributed by atoms with E-state index in [0.717, 1.165) is 4.31 Å². The van der Waals surface area contributed by atoms with Crippen LogP contribution in [0.3, 0.4) is 0 Å². The molecule has 0 aromatic heterocycles. The van der Waals surface area contributed by atoms with Gasteiger partial charge >= 0.3 is 5.97 Å². The second-order valence-corrected chi connectivity index (χ2v) is 7.79. The number of hydrogen-bond acceptors (Lipinski definition) is 8. The maximum Gasteiger partial charge on any atom is 0.326 e. The molecule has 0 saturated carbocycles. The van der Waals surface area contributed by atoms with Crippen LogP contribution in [0.5, 0.6) is 23.0 Å². The highest BCUT2D eigenvalue weighted by atomic mass is 32.2. The Kier molecular flexibility index (Phi) is 6.02. The average Bonchev–Trinajstić information content (AvgIpc) is 2.76. The van der Waals surface area contributed by atoms with Gasteiger partial charge in [0.05, 0.1) is 31.9 Å². The Labute approximate surface area is 168 Å². The number of rotatable bonds is 7. The van der Waals surface area contributed by atoms with Gasteiger partial charge in [0.15, 0.2) is 11.5 Å². The second-order valence-electron chi connectivity index (χ2n) is 5.93. The van der Waals surface area contributed by atoms with Gasteiger partial charge in [-0.1, -0.05) is 0 Å². The number of anilines is 1. The number of ether oxygens (including phenoxy) is 5. The zero-order chi connectivity index (χ0) is 21.0. The normalized spacial score (nSPS) is 12.8. The molecule has 1 aliphatic heterocycles. The lowest BCUT2D eigenvalue weighted by Crippen LogP contribution is -2.36. The summed E-state index contributed by atoms with van der Waals surface area (Å²) in [5.74, 6) is 0.729. The smallest absolute Gasteiger partial charge is 0.326 e. The zero-order valence-corrected chi connectivity index (χ0v) is 17.0. The Hall–Kier alpha value is -3.14. The van der Waals surface area contributed by atoms with Crippen molar-refractivity contribution in [2.24, 2.45) is 0 Å². The fraction of sp³-hybridized carbons (Fsp3) is 0.316. The van der Waals surface area contributed by atoms with Crippen LogP contribution >= 0.6 is 0 Å². The molecule has 0 fully saturated rings. The first kappa shape index (κ1) is 20.6. The Morgan fingerprint density at radius 2 is 1.72 bits per heavy atom. The maximum atomic E-state index is 13.4. The average molecular weight is 423 g/mol. The molecular formula is C19H21NO8S. The van der Waals surface area contributed by atoms with Crippen molar-refractivity contribution in [3.8, 4) is 23.0 Å². The van der Waals surface area contributed by atoms with Crippen LogP contribution < -0.4 is 23.3 Å². The number of esters is 1. The SMILES string of the molecule is COC(=O)CN(c1ccc(OC)cc1OC)S(=O)(=O)c1ccc2c(c1)OCCO2. The first-order valence-corrected chi connectivity index (χ1v) is 10.1. The molecule has 0 atom stereocenters. The minimum Gasteiger partial charge on any atom is -0.497 e. The topological polar surface area (TPSA) is 101 Å². The van der Waals surface area contributed by atoms with E-state index in [-0.39, 0.29) is 16.3 Å². The molecule has 3 rings (SSSR count). The van der Waals surface area contributed by atoms with Gasteiger partial charge in [0.1, 0.15) is 31.3 Å². The van der Waals surface area contributed by atoms with Gasteiger partial charge in [-0.25, -0.2) is 8.42 Å². The zero-order valence-electron chi connectivity index (χ0n) is 16.2. The summed E-state index contributed by atoms with van der Waals surface area (Å²) < 4.78 is 53.9. The van der Waals surface area contributed by atoms with E-state index in [0.29, 0.717) is 30.5 Å². The molecule has 1 aliphatic rings. The number of fused-ring (bicyclic) bond motifs is 1. The van der Waals surface area contributed by atoms with E-state index in [1.807, 2.05) is 0 Å². The number of hydrogen-bond donors (Lipinski definition) is 0. The molecule has 1 heterocycles. The van der Waals surface area contributed by atoms with Gasteiger partial charge in [-0.3, -0.25) is 9.10 Å². The molecule has 9 nitrogen and oxygen atoms in total. The number of carbonyl (C=O) groups is 1. The molecule has 10 heteroatoms. The Morgan fingerprint density at radius 3 is 2.38 bits per heavy atom. The van der Waals surface area contributed by atoms with E-state index >= 15 is 0 Å². The van der Waals surface area contributed by atoms with E-state index in [2.05, 4.69) is 4.74 Å². The first-order valence-electron chi connectivity index (χ1n) is 8.62. The van der Waals surface area contributed by atoms with Crippen LogP contribution in [0.2, 0.25) is 0 Å². The minimum absolute atomic E-state index is 0.0662.